The second-order valence-electron chi connectivity index (χ2n) is 6.64. The van der Waals surface area contributed by atoms with Crippen LogP contribution >= 0.6 is 11.8 Å². The minimum atomic E-state index is -0.702. The van der Waals surface area contributed by atoms with Gasteiger partial charge < -0.3 is 15.0 Å². The summed E-state index contributed by atoms with van der Waals surface area (Å²) in [5.41, 5.74) is 2.83. The molecule has 1 aromatic heterocycles. The van der Waals surface area contributed by atoms with E-state index < -0.39 is 12.0 Å². The molecule has 0 bridgehead atoms. The number of aromatic nitrogens is 2. The summed E-state index contributed by atoms with van der Waals surface area (Å²) < 4.78 is 4.86. The molecule has 0 fully saturated rings. The van der Waals surface area contributed by atoms with Crippen molar-refractivity contribution >= 4 is 23.6 Å². The fraction of sp³-hybridized carbons (Fsp3) is 0.208. The summed E-state index contributed by atoms with van der Waals surface area (Å²) in [5.74, 6) is 6.54. The van der Waals surface area contributed by atoms with Gasteiger partial charge in [-0.25, -0.2) is 9.78 Å². The molecule has 3 rings (SSSR count). The maximum absolute atomic E-state index is 13.1. The number of hydrogen-bond donors (Lipinski definition) is 2. The van der Waals surface area contributed by atoms with E-state index in [1.165, 1.54) is 7.11 Å². The molecule has 31 heavy (non-hydrogen) atoms. The third-order valence-corrected chi connectivity index (χ3v) is 5.22. The molecule has 1 heterocycles. The topological polar surface area (TPSA) is 84.1 Å². The number of aromatic amines is 1. The number of ether oxygens (including phenoxy) is 1. The fourth-order valence-corrected chi connectivity index (χ4v) is 3.48. The Morgan fingerprint density at radius 3 is 2.68 bits per heavy atom. The van der Waals surface area contributed by atoms with Gasteiger partial charge in [-0.15, -0.1) is 0 Å². The quantitative estimate of drug-likeness (QED) is 0.440. The van der Waals surface area contributed by atoms with Crippen molar-refractivity contribution in [1.82, 2.24) is 15.3 Å². The minimum Gasteiger partial charge on any atom is -0.467 e. The predicted octanol–water partition coefficient (Wildman–Crippen LogP) is 3.50. The lowest BCUT2D eigenvalue weighted by molar-refractivity contribution is -0.142. The van der Waals surface area contributed by atoms with Gasteiger partial charge in [-0.3, -0.25) is 4.79 Å². The molecule has 3 aromatic rings. The van der Waals surface area contributed by atoms with E-state index in [1.807, 2.05) is 42.7 Å². The van der Waals surface area contributed by atoms with Gasteiger partial charge in [0.25, 0.3) is 5.91 Å². The maximum Gasteiger partial charge on any atom is 0.328 e. The molecule has 6 nitrogen and oxygen atoms in total. The highest BCUT2D eigenvalue weighted by atomic mass is 32.2. The van der Waals surface area contributed by atoms with Crippen molar-refractivity contribution in [2.24, 2.45) is 0 Å². The van der Waals surface area contributed by atoms with Crippen molar-refractivity contribution in [3.63, 3.8) is 0 Å². The SMILES string of the molecule is COC(=O)[C@H](CCSC)NC(=O)c1ccc(C#Cc2ncc[nH]2)cc1-c1ccccc1. The molecule has 1 amide bonds. The lowest BCUT2D eigenvalue weighted by Gasteiger charge is -2.17. The van der Waals surface area contributed by atoms with Gasteiger partial charge in [0.1, 0.15) is 6.04 Å². The molecule has 0 unspecified atom stereocenters. The maximum atomic E-state index is 13.1. The van der Waals surface area contributed by atoms with Crippen LogP contribution in [0.25, 0.3) is 11.1 Å². The van der Waals surface area contributed by atoms with Crippen LogP contribution in [0.3, 0.4) is 0 Å². The van der Waals surface area contributed by atoms with E-state index in [0.717, 1.165) is 22.4 Å². The Hall–Kier alpha value is -3.50. The summed E-state index contributed by atoms with van der Waals surface area (Å²) in [5, 5.41) is 2.82. The Balaban J connectivity index is 1.94. The number of amides is 1. The Kier molecular flexibility index (Phi) is 7.91. The molecule has 0 aliphatic rings. The Bertz CT molecular complexity index is 1090. The van der Waals surface area contributed by atoms with Gasteiger partial charge >= 0.3 is 5.97 Å². The van der Waals surface area contributed by atoms with Crippen LogP contribution < -0.4 is 5.32 Å². The third kappa shape index (κ3) is 6.00. The molecular weight excluding hydrogens is 410 g/mol. The van der Waals surface area contributed by atoms with E-state index in [0.29, 0.717) is 17.8 Å². The number of nitrogens with zero attached hydrogens (tertiary/aromatic N) is 1. The minimum absolute atomic E-state index is 0.333. The number of thioether (sulfide) groups is 1. The monoisotopic (exact) mass is 433 g/mol. The first-order chi connectivity index (χ1) is 15.1. The van der Waals surface area contributed by atoms with Gasteiger partial charge in [-0.1, -0.05) is 36.3 Å². The Labute approximate surface area is 185 Å². The lowest BCUT2D eigenvalue weighted by Crippen LogP contribution is -2.42. The largest absolute Gasteiger partial charge is 0.467 e. The molecular formula is C24H23N3O3S. The van der Waals surface area contributed by atoms with Crippen LogP contribution in [0.4, 0.5) is 0 Å². The number of hydrogen-bond acceptors (Lipinski definition) is 5. The molecule has 158 valence electrons. The van der Waals surface area contributed by atoms with E-state index in [9.17, 15) is 9.59 Å². The zero-order valence-corrected chi connectivity index (χ0v) is 18.2. The van der Waals surface area contributed by atoms with Gasteiger partial charge in [-0.2, -0.15) is 11.8 Å². The smallest absolute Gasteiger partial charge is 0.328 e. The zero-order valence-electron chi connectivity index (χ0n) is 17.3. The summed E-state index contributed by atoms with van der Waals surface area (Å²) in [6.45, 7) is 0. The van der Waals surface area contributed by atoms with E-state index in [1.54, 1.807) is 36.3 Å². The van der Waals surface area contributed by atoms with E-state index in [4.69, 9.17) is 4.74 Å². The van der Waals surface area contributed by atoms with Gasteiger partial charge in [0.2, 0.25) is 0 Å². The fourth-order valence-electron chi connectivity index (χ4n) is 3.00. The molecule has 2 N–H and O–H groups in total. The number of carbonyl (C=O) groups excluding carboxylic acids is 2. The number of H-pyrrole nitrogens is 1. The lowest BCUT2D eigenvalue weighted by atomic mass is 9.96. The van der Waals surface area contributed by atoms with Crippen LogP contribution in [0.2, 0.25) is 0 Å². The first-order valence-corrected chi connectivity index (χ1v) is 11.1. The number of nitrogens with one attached hydrogen (secondary N) is 2. The number of imidazole rings is 1. The van der Waals surface area contributed by atoms with Crippen LogP contribution in [0.5, 0.6) is 0 Å². The Morgan fingerprint density at radius 1 is 1.19 bits per heavy atom. The summed E-state index contributed by atoms with van der Waals surface area (Å²) in [4.78, 5) is 32.3. The number of carbonyl (C=O) groups is 2. The molecule has 2 aromatic carbocycles. The number of esters is 1. The van der Waals surface area contributed by atoms with E-state index in [2.05, 4.69) is 27.1 Å². The molecule has 0 aliphatic heterocycles. The molecule has 0 radical (unpaired) electrons. The number of benzene rings is 2. The predicted molar refractivity (Wildman–Crippen MR) is 123 cm³/mol. The highest BCUT2D eigenvalue weighted by molar-refractivity contribution is 7.98. The van der Waals surface area contributed by atoms with Crippen LogP contribution in [0, 0.1) is 11.8 Å². The number of rotatable bonds is 7. The van der Waals surface area contributed by atoms with Crippen molar-refractivity contribution in [3.05, 3.63) is 77.9 Å². The summed E-state index contributed by atoms with van der Waals surface area (Å²) >= 11 is 1.61. The van der Waals surface area contributed by atoms with Gasteiger partial charge in [0, 0.05) is 23.5 Å². The number of methoxy groups -OCH3 is 1. The average Bonchev–Trinajstić information content (AvgIpc) is 3.34. The highest BCUT2D eigenvalue weighted by Crippen LogP contribution is 2.25. The van der Waals surface area contributed by atoms with Crippen molar-refractivity contribution in [2.75, 3.05) is 19.1 Å². The molecule has 0 aliphatic carbocycles. The van der Waals surface area contributed by atoms with Crippen LogP contribution in [-0.4, -0.2) is 47.0 Å². The summed E-state index contributed by atoms with van der Waals surface area (Å²) in [6, 6.07) is 14.3. The van der Waals surface area contributed by atoms with Crippen molar-refractivity contribution in [2.45, 2.75) is 12.5 Å². The Morgan fingerprint density at radius 2 is 2.00 bits per heavy atom. The summed E-state index contributed by atoms with van der Waals surface area (Å²) in [6.07, 6.45) is 5.79. The van der Waals surface area contributed by atoms with Crippen molar-refractivity contribution in [1.29, 1.82) is 0 Å². The molecule has 1 atom stereocenters. The second kappa shape index (κ2) is 11.0. The van der Waals surface area contributed by atoms with E-state index >= 15 is 0 Å². The average molecular weight is 434 g/mol. The highest BCUT2D eigenvalue weighted by Gasteiger charge is 2.23. The van der Waals surface area contributed by atoms with Crippen molar-refractivity contribution in [3.8, 4) is 23.0 Å². The first-order valence-electron chi connectivity index (χ1n) is 9.71. The molecule has 0 spiro atoms. The van der Waals surface area contributed by atoms with Gasteiger partial charge in [0.05, 0.1) is 7.11 Å². The van der Waals surface area contributed by atoms with Gasteiger partial charge in [-0.05, 0) is 53.7 Å². The molecule has 0 saturated carbocycles. The molecule has 0 saturated heterocycles. The second-order valence-corrected chi connectivity index (χ2v) is 7.63. The van der Waals surface area contributed by atoms with E-state index in [-0.39, 0.29) is 5.91 Å². The van der Waals surface area contributed by atoms with Crippen LogP contribution in [0.1, 0.15) is 28.2 Å². The first kappa shape index (κ1) is 22.2. The summed E-state index contributed by atoms with van der Waals surface area (Å²) in [7, 11) is 1.32. The van der Waals surface area contributed by atoms with Gasteiger partial charge in [0.15, 0.2) is 5.82 Å². The van der Waals surface area contributed by atoms with Crippen molar-refractivity contribution < 1.29 is 14.3 Å². The third-order valence-electron chi connectivity index (χ3n) is 4.57. The zero-order chi connectivity index (χ0) is 22.1. The standard InChI is InChI=1S/C24H23N3O3S/c1-30-24(29)21(12-15-31-2)27-23(28)19-10-8-17(9-11-22-25-13-14-26-22)16-20(19)18-6-4-3-5-7-18/h3-8,10,13-14,16,21H,12,15H2,1-2H3,(H,25,26)(H,27,28)/t21-/m0/s1. The van der Waals surface area contributed by atoms with Crippen LogP contribution in [0.15, 0.2) is 60.9 Å². The van der Waals surface area contributed by atoms with Crippen LogP contribution in [-0.2, 0) is 9.53 Å². The molecule has 7 heteroatoms. The normalized spacial score (nSPS) is 11.2.